The molecule has 0 saturated carbocycles. The lowest BCUT2D eigenvalue weighted by molar-refractivity contribution is -0.133. The Hall–Kier alpha value is -1.32. The van der Waals surface area contributed by atoms with Crippen molar-refractivity contribution in [3.63, 3.8) is 0 Å². The van der Waals surface area contributed by atoms with Crippen molar-refractivity contribution in [2.24, 2.45) is 0 Å². The van der Waals surface area contributed by atoms with E-state index < -0.39 is 5.97 Å². The zero-order valence-electron chi connectivity index (χ0n) is 10.3. The Morgan fingerprint density at radius 3 is 3.00 bits per heavy atom. The van der Waals surface area contributed by atoms with Crippen LogP contribution in [0.4, 0.5) is 10.8 Å². The van der Waals surface area contributed by atoms with E-state index in [0.29, 0.717) is 9.47 Å². The summed E-state index contributed by atoms with van der Waals surface area (Å²) in [5.41, 5.74) is 0.837. The van der Waals surface area contributed by atoms with Gasteiger partial charge in [0.15, 0.2) is 4.34 Å². The van der Waals surface area contributed by atoms with E-state index in [1.165, 1.54) is 11.3 Å². The fourth-order valence-electron chi connectivity index (χ4n) is 1.31. The molecule has 0 saturated heterocycles. The number of hydrogen-bond donors (Lipinski definition) is 2. The SMILES string of the molecule is COc1ccc(Nc2nnc(SCC(=O)O)s2)cc1Br. The normalized spacial score (nSPS) is 10.3. The van der Waals surface area contributed by atoms with Crippen LogP contribution in [0.2, 0.25) is 0 Å². The van der Waals surface area contributed by atoms with Crippen molar-refractivity contribution in [2.75, 3.05) is 18.2 Å². The van der Waals surface area contributed by atoms with Crippen LogP contribution in [0.25, 0.3) is 0 Å². The van der Waals surface area contributed by atoms with Crippen molar-refractivity contribution in [1.82, 2.24) is 10.2 Å². The number of anilines is 2. The fraction of sp³-hybridized carbons (Fsp3) is 0.182. The predicted octanol–water partition coefficient (Wildman–Crippen LogP) is 3.23. The molecule has 0 aliphatic rings. The van der Waals surface area contributed by atoms with Gasteiger partial charge < -0.3 is 15.2 Å². The largest absolute Gasteiger partial charge is 0.496 e. The van der Waals surface area contributed by atoms with Gasteiger partial charge in [0, 0.05) is 5.69 Å². The molecular formula is C11H10BrN3O3S2. The Bertz CT molecular complexity index is 621. The molecule has 0 unspecified atom stereocenters. The maximum Gasteiger partial charge on any atom is 0.313 e. The highest BCUT2D eigenvalue weighted by atomic mass is 79.9. The van der Waals surface area contributed by atoms with E-state index in [1.54, 1.807) is 7.11 Å². The number of halogens is 1. The highest BCUT2D eigenvalue weighted by molar-refractivity contribution is 9.10. The second kappa shape index (κ2) is 6.91. The minimum Gasteiger partial charge on any atom is -0.496 e. The lowest BCUT2D eigenvalue weighted by Gasteiger charge is -2.06. The Morgan fingerprint density at radius 1 is 1.55 bits per heavy atom. The number of carbonyl (C=O) groups is 1. The average Bonchev–Trinajstić information content (AvgIpc) is 2.84. The summed E-state index contributed by atoms with van der Waals surface area (Å²) in [6.45, 7) is 0. The van der Waals surface area contributed by atoms with Crippen LogP contribution in [0.3, 0.4) is 0 Å². The first-order chi connectivity index (χ1) is 9.58. The van der Waals surface area contributed by atoms with Gasteiger partial charge >= 0.3 is 5.97 Å². The molecular weight excluding hydrogens is 366 g/mol. The molecule has 0 radical (unpaired) electrons. The molecule has 1 aromatic heterocycles. The maximum absolute atomic E-state index is 10.5. The van der Waals surface area contributed by atoms with Gasteiger partial charge in [0.05, 0.1) is 17.3 Å². The predicted molar refractivity (Wildman–Crippen MR) is 82.2 cm³/mol. The highest BCUT2D eigenvalue weighted by Gasteiger charge is 2.08. The Balaban J connectivity index is 2.03. The van der Waals surface area contributed by atoms with Crippen molar-refractivity contribution in [3.05, 3.63) is 22.7 Å². The van der Waals surface area contributed by atoms with Crippen molar-refractivity contribution >= 4 is 55.8 Å². The molecule has 0 atom stereocenters. The first-order valence-corrected chi connectivity index (χ1v) is 7.96. The number of methoxy groups -OCH3 is 1. The summed E-state index contributed by atoms with van der Waals surface area (Å²) in [5.74, 6) is -0.160. The molecule has 0 spiro atoms. The van der Waals surface area contributed by atoms with Gasteiger partial charge in [0.2, 0.25) is 5.13 Å². The zero-order valence-corrected chi connectivity index (χ0v) is 13.5. The van der Waals surface area contributed by atoms with Crippen LogP contribution >= 0.6 is 39.0 Å². The summed E-state index contributed by atoms with van der Waals surface area (Å²) in [4.78, 5) is 10.5. The third kappa shape index (κ3) is 4.09. The van der Waals surface area contributed by atoms with Gasteiger partial charge in [0.1, 0.15) is 5.75 Å². The van der Waals surface area contributed by atoms with Crippen LogP contribution in [-0.2, 0) is 4.79 Å². The van der Waals surface area contributed by atoms with Crippen LogP contribution in [0.1, 0.15) is 0 Å². The molecule has 1 heterocycles. The van der Waals surface area contributed by atoms with Crippen molar-refractivity contribution in [2.45, 2.75) is 4.34 Å². The summed E-state index contributed by atoms with van der Waals surface area (Å²) < 4.78 is 6.59. The summed E-state index contributed by atoms with van der Waals surface area (Å²) in [5, 5.41) is 20.2. The molecule has 0 fully saturated rings. The minimum absolute atomic E-state index is 0.0251. The van der Waals surface area contributed by atoms with Crippen LogP contribution in [0, 0.1) is 0 Å². The number of ether oxygens (including phenoxy) is 1. The summed E-state index contributed by atoms with van der Waals surface area (Å²) in [7, 11) is 1.60. The third-order valence-corrected chi connectivity index (χ3v) is 4.71. The Labute approximate surface area is 131 Å². The molecule has 9 heteroatoms. The van der Waals surface area contributed by atoms with Gasteiger partial charge in [-0.15, -0.1) is 10.2 Å². The fourth-order valence-corrected chi connectivity index (χ4v) is 3.34. The molecule has 2 N–H and O–H groups in total. The number of nitrogens with one attached hydrogen (secondary N) is 1. The highest BCUT2D eigenvalue weighted by Crippen LogP contribution is 2.31. The van der Waals surface area contributed by atoms with Gasteiger partial charge in [0.25, 0.3) is 0 Å². The van der Waals surface area contributed by atoms with Crippen LogP contribution < -0.4 is 10.1 Å². The van der Waals surface area contributed by atoms with Gasteiger partial charge in [-0.25, -0.2) is 0 Å². The van der Waals surface area contributed by atoms with E-state index in [1.807, 2.05) is 18.2 Å². The Kier molecular flexibility index (Phi) is 5.21. The second-order valence-corrected chi connectivity index (χ2v) is 6.58. The standard InChI is InChI=1S/C11H10BrN3O3S2/c1-18-8-3-2-6(4-7(8)12)13-10-14-15-11(20-10)19-5-9(16)17/h2-4H,5H2,1H3,(H,13,14)(H,16,17). The van der Waals surface area contributed by atoms with Crippen molar-refractivity contribution in [3.8, 4) is 5.75 Å². The molecule has 2 rings (SSSR count). The summed E-state index contributed by atoms with van der Waals surface area (Å²) >= 11 is 5.85. The van der Waals surface area contributed by atoms with Gasteiger partial charge in [-0.1, -0.05) is 23.1 Å². The molecule has 0 aliphatic carbocycles. The van der Waals surface area contributed by atoms with E-state index >= 15 is 0 Å². The number of nitrogens with zero attached hydrogens (tertiary/aromatic N) is 2. The van der Waals surface area contributed by atoms with E-state index in [2.05, 4.69) is 31.4 Å². The lowest BCUT2D eigenvalue weighted by atomic mass is 10.3. The number of hydrogen-bond acceptors (Lipinski definition) is 7. The number of carboxylic acid groups (broad SMARTS) is 1. The summed E-state index contributed by atoms with van der Waals surface area (Å²) in [6.07, 6.45) is 0. The number of carboxylic acids is 1. The Morgan fingerprint density at radius 2 is 2.35 bits per heavy atom. The topological polar surface area (TPSA) is 84.3 Å². The van der Waals surface area contributed by atoms with Crippen LogP contribution in [-0.4, -0.2) is 34.1 Å². The monoisotopic (exact) mass is 375 g/mol. The number of rotatable bonds is 6. The minimum atomic E-state index is -0.876. The number of aliphatic carboxylic acids is 1. The van der Waals surface area contributed by atoms with Crippen molar-refractivity contribution < 1.29 is 14.6 Å². The molecule has 2 aromatic rings. The molecule has 0 aliphatic heterocycles. The third-order valence-electron chi connectivity index (χ3n) is 2.13. The van der Waals surface area contributed by atoms with Crippen molar-refractivity contribution in [1.29, 1.82) is 0 Å². The van der Waals surface area contributed by atoms with E-state index in [4.69, 9.17) is 9.84 Å². The zero-order chi connectivity index (χ0) is 14.5. The second-order valence-electron chi connectivity index (χ2n) is 3.53. The molecule has 20 heavy (non-hydrogen) atoms. The van der Waals surface area contributed by atoms with E-state index in [9.17, 15) is 4.79 Å². The lowest BCUT2D eigenvalue weighted by Crippen LogP contribution is -1.96. The average molecular weight is 376 g/mol. The van der Waals surface area contributed by atoms with Crippen LogP contribution in [0.5, 0.6) is 5.75 Å². The van der Waals surface area contributed by atoms with Gasteiger partial charge in [-0.2, -0.15) is 0 Å². The van der Waals surface area contributed by atoms with E-state index in [-0.39, 0.29) is 5.75 Å². The molecule has 106 valence electrons. The first kappa shape index (κ1) is 15.1. The number of thioether (sulfide) groups is 1. The van der Waals surface area contributed by atoms with Gasteiger partial charge in [-0.3, -0.25) is 4.79 Å². The first-order valence-electron chi connectivity index (χ1n) is 5.37. The summed E-state index contributed by atoms with van der Waals surface area (Å²) in [6, 6.07) is 5.55. The number of benzene rings is 1. The molecule has 0 amide bonds. The number of aromatic nitrogens is 2. The van der Waals surface area contributed by atoms with Gasteiger partial charge in [-0.05, 0) is 34.1 Å². The molecule has 1 aromatic carbocycles. The molecule has 0 bridgehead atoms. The van der Waals surface area contributed by atoms with Crippen LogP contribution in [0.15, 0.2) is 27.0 Å². The smallest absolute Gasteiger partial charge is 0.313 e. The van der Waals surface area contributed by atoms with E-state index in [0.717, 1.165) is 27.7 Å². The quantitative estimate of drug-likeness (QED) is 0.749. The maximum atomic E-state index is 10.5. The molecule has 6 nitrogen and oxygen atoms in total.